The van der Waals surface area contributed by atoms with E-state index in [2.05, 4.69) is 4.98 Å². The highest BCUT2D eigenvalue weighted by atomic mass is 35.5. The predicted octanol–water partition coefficient (Wildman–Crippen LogP) is 2.01. The molecule has 15 heavy (non-hydrogen) atoms. The highest BCUT2D eigenvalue weighted by Crippen LogP contribution is 2.22. The van der Waals surface area contributed by atoms with Crippen LogP contribution in [0.4, 0.5) is 0 Å². The second-order valence-electron chi connectivity index (χ2n) is 3.28. The van der Waals surface area contributed by atoms with Crippen LogP contribution in [0.25, 0.3) is 0 Å². The summed E-state index contributed by atoms with van der Waals surface area (Å²) in [4.78, 5) is 14.6. The van der Waals surface area contributed by atoms with Crippen molar-refractivity contribution < 1.29 is 14.6 Å². The number of halogens is 1. The van der Waals surface area contributed by atoms with E-state index in [0.717, 1.165) is 5.56 Å². The largest absolute Gasteiger partial charge is 0.481 e. The van der Waals surface area contributed by atoms with Crippen LogP contribution in [0.15, 0.2) is 12.3 Å². The molecule has 0 radical (unpaired) electrons. The monoisotopic (exact) mass is 229 g/mol. The Balaban J connectivity index is 2.79. The molecule has 0 aliphatic rings. The number of ether oxygens (including phenoxy) is 1. The van der Waals surface area contributed by atoms with E-state index in [1.54, 1.807) is 19.2 Å². The minimum atomic E-state index is -0.832. The zero-order valence-electron chi connectivity index (χ0n) is 8.53. The van der Waals surface area contributed by atoms with Crippen molar-refractivity contribution in [3.63, 3.8) is 0 Å². The van der Waals surface area contributed by atoms with Gasteiger partial charge in [-0.25, -0.2) is 4.98 Å². The highest BCUT2D eigenvalue weighted by molar-refractivity contribution is 6.31. The molecule has 1 unspecified atom stereocenters. The highest BCUT2D eigenvalue weighted by Gasteiger charge is 2.13. The number of carbonyl (C=O) groups is 1. The molecule has 5 heteroatoms. The number of nitrogens with zero attached hydrogens (tertiary/aromatic N) is 1. The first-order valence-electron chi connectivity index (χ1n) is 4.45. The average Bonchev–Trinajstić information content (AvgIpc) is 2.18. The molecular formula is C10H12ClNO3. The molecule has 1 atom stereocenters. The van der Waals surface area contributed by atoms with Gasteiger partial charge in [0.15, 0.2) is 0 Å². The van der Waals surface area contributed by atoms with Crippen molar-refractivity contribution in [2.45, 2.75) is 13.3 Å². The molecule has 0 spiro atoms. The average molecular weight is 230 g/mol. The number of carboxylic acids is 1. The number of aromatic nitrogens is 1. The van der Waals surface area contributed by atoms with Crippen molar-refractivity contribution in [1.82, 2.24) is 4.98 Å². The van der Waals surface area contributed by atoms with Crippen LogP contribution in [-0.2, 0) is 11.2 Å². The van der Waals surface area contributed by atoms with E-state index >= 15 is 0 Å². The lowest BCUT2D eigenvalue weighted by Crippen LogP contribution is -2.12. The summed E-state index contributed by atoms with van der Waals surface area (Å²) in [5, 5.41) is 9.13. The molecule has 0 saturated carbocycles. The zero-order chi connectivity index (χ0) is 11.4. The van der Waals surface area contributed by atoms with E-state index in [9.17, 15) is 4.79 Å². The van der Waals surface area contributed by atoms with Gasteiger partial charge in [-0.2, -0.15) is 0 Å². The maximum Gasteiger partial charge on any atom is 0.306 e. The van der Waals surface area contributed by atoms with Gasteiger partial charge in [0, 0.05) is 6.20 Å². The SMILES string of the molecule is COc1ncc(CC(C)C(=O)O)cc1Cl. The number of hydrogen-bond acceptors (Lipinski definition) is 3. The summed E-state index contributed by atoms with van der Waals surface area (Å²) < 4.78 is 4.89. The van der Waals surface area contributed by atoms with Gasteiger partial charge in [0.05, 0.1) is 13.0 Å². The first kappa shape index (κ1) is 11.8. The first-order chi connectivity index (χ1) is 7.04. The number of rotatable bonds is 4. The molecule has 0 aliphatic heterocycles. The van der Waals surface area contributed by atoms with Crippen LogP contribution < -0.4 is 4.74 Å². The van der Waals surface area contributed by atoms with Crippen molar-refractivity contribution >= 4 is 17.6 Å². The Bertz CT molecular complexity index is 368. The van der Waals surface area contributed by atoms with Gasteiger partial charge in [0.25, 0.3) is 0 Å². The van der Waals surface area contributed by atoms with E-state index in [4.69, 9.17) is 21.4 Å². The Morgan fingerprint density at radius 1 is 1.73 bits per heavy atom. The molecule has 0 aliphatic carbocycles. The van der Waals surface area contributed by atoms with Gasteiger partial charge in [-0.3, -0.25) is 4.79 Å². The standard InChI is InChI=1S/C10H12ClNO3/c1-6(10(13)14)3-7-4-8(11)9(15-2)12-5-7/h4-6H,3H2,1-2H3,(H,13,14). The number of hydrogen-bond donors (Lipinski definition) is 1. The topological polar surface area (TPSA) is 59.4 Å². The summed E-state index contributed by atoms with van der Waals surface area (Å²) in [6.45, 7) is 1.64. The Morgan fingerprint density at radius 3 is 2.87 bits per heavy atom. The van der Waals surface area contributed by atoms with Gasteiger partial charge in [-0.1, -0.05) is 18.5 Å². The van der Waals surface area contributed by atoms with Gasteiger partial charge >= 0.3 is 5.97 Å². The molecule has 4 nitrogen and oxygen atoms in total. The van der Waals surface area contributed by atoms with Crippen molar-refractivity contribution in [1.29, 1.82) is 0 Å². The maximum atomic E-state index is 10.6. The molecule has 0 saturated heterocycles. The first-order valence-corrected chi connectivity index (χ1v) is 4.83. The minimum Gasteiger partial charge on any atom is -0.481 e. The molecular weight excluding hydrogens is 218 g/mol. The second kappa shape index (κ2) is 4.98. The normalized spacial score (nSPS) is 12.2. The Morgan fingerprint density at radius 2 is 2.40 bits per heavy atom. The van der Waals surface area contributed by atoms with Crippen LogP contribution in [0.5, 0.6) is 5.88 Å². The third-order valence-electron chi connectivity index (χ3n) is 2.02. The maximum absolute atomic E-state index is 10.6. The van der Waals surface area contributed by atoms with Crippen molar-refractivity contribution in [2.24, 2.45) is 5.92 Å². The second-order valence-corrected chi connectivity index (χ2v) is 3.69. The lowest BCUT2D eigenvalue weighted by Gasteiger charge is -2.07. The van der Waals surface area contributed by atoms with Gasteiger partial charge in [-0.05, 0) is 18.1 Å². The lowest BCUT2D eigenvalue weighted by atomic mass is 10.0. The fraction of sp³-hybridized carbons (Fsp3) is 0.400. The van der Waals surface area contributed by atoms with Crippen LogP contribution in [0.1, 0.15) is 12.5 Å². The van der Waals surface area contributed by atoms with Crippen LogP contribution in [0, 0.1) is 5.92 Å². The number of aliphatic carboxylic acids is 1. The van der Waals surface area contributed by atoms with Crippen LogP contribution >= 0.6 is 11.6 Å². The lowest BCUT2D eigenvalue weighted by molar-refractivity contribution is -0.141. The summed E-state index contributed by atoms with van der Waals surface area (Å²) >= 11 is 5.86. The molecule has 0 fully saturated rings. The molecule has 0 aromatic carbocycles. The zero-order valence-corrected chi connectivity index (χ0v) is 9.28. The van der Waals surface area contributed by atoms with Crippen molar-refractivity contribution in [2.75, 3.05) is 7.11 Å². The Kier molecular flexibility index (Phi) is 3.91. The molecule has 0 bridgehead atoms. The van der Waals surface area contributed by atoms with Crippen LogP contribution in [0.2, 0.25) is 5.02 Å². The van der Waals surface area contributed by atoms with Gasteiger partial charge in [-0.15, -0.1) is 0 Å². The fourth-order valence-electron chi connectivity index (χ4n) is 1.17. The Hall–Kier alpha value is -1.29. The molecule has 82 valence electrons. The van der Waals surface area contributed by atoms with Crippen LogP contribution in [0.3, 0.4) is 0 Å². The molecule has 1 N–H and O–H groups in total. The van der Waals surface area contributed by atoms with Gasteiger partial charge < -0.3 is 9.84 Å². The molecule has 0 amide bonds. The van der Waals surface area contributed by atoms with Crippen LogP contribution in [-0.4, -0.2) is 23.2 Å². The van der Waals surface area contributed by atoms with Crippen molar-refractivity contribution in [3.8, 4) is 5.88 Å². The minimum absolute atomic E-state index is 0.350. The van der Waals surface area contributed by atoms with E-state index in [1.165, 1.54) is 7.11 Å². The summed E-state index contributed by atoms with van der Waals surface area (Å²) in [5.41, 5.74) is 0.788. The smallest absolute Gasteiger partial charge is 0.306 e. The van der Waals surface area contributed by atoms with Crippen molar-refractivity contribution in [3.05, 3.63) is 22.8 Å². The fourth-order valence-corrected chi connectivity index (χ4v) is 1.43. The molecule has 1 rings (SSSR count). The third-order valence-corrected chi connectivity index (χ3v) is 2.29. The predicted molar refractivity (Wildman–Crippen MR) is 56.3 cm³/mol. The summed E-state index contributed by atoms with van der Waals surface area (Å²) in [5.74, 6) is -0.929. The van der Waals surface area contributed by atoms with E-state index in [0.29, 0.717) is 17.3 Å². The third kappa shape index (κ3) is 3.09. The van der Waals surface area contributed by atoms with Gasteiger partial charge in [0.1, 0.15) is 5.02 Å². The van der Waals surface area contributed by atoms with E-state index in [-0.39, 0.29) is 0 Å². The van der Waals surface area contributed by atoms with E-state index in [1.807, 2.05) is 0 Å². The number of carboxylic acid groups (broad SMARTS) is 1. The number of methoxy groups -OCH3 is 1. The van der Waals surface area contributed by atoms with Gasteiger partial charge in [0.2, 0.25) is 5.88 Å². The Labute approximate surface area is 92.8 Å². The van der Waals surface area contributed by atoms with E-state index < -0.39 is 11.9 Å². The summed E-state index contributed by atoms with van der Waals surface area (Å²) in [6.07, 6.45) is 1.98. The molecule has 1 aromatic rings. The quantitative estimate of drug-likeness (QED) is 0.858. The molecule has 1 aromatic heterocycles. The number of pyridine rings is 1. The molecule has 1 heterocycles. The summed E-state index contributed by atoms with van der Waals surface area (Å²) in [7, 11) is 1.48. The summed E-state index contributed by atoms with van der Waals surface area (Å²) in [6, 6.07) is 1.67.